The van der Waals surface area contributed by atoms with Gasteiger partial charge in [0.05, 0.1) is 11.5 Å². The molecule has 0 saturated carbocycles. The standard InChI is InChI=1S/C71H51NO2/c1-44-26-35-53(47-30-37-59-57-22-12-15-25-65(57)74-67(59)41-47)68-60-39-34-52(43-63(60)71(69(44)68,48-16-6-4-7-17-48)49-18-8-5-9-19-49)72(51-33-38-55-54-20-10-13-23-61(54)70(2,3)62(55)42-51)50-31-27-45(28-32-50)46-29-36-58-56-21-11-14-24-64(56)73-66(58)40-46/h4-42,52H,43H2,1-3H3. The Bertz CT molecular complexity index is 4280. The summed E-state index contributed by atoms with van der Waals surface area (Å²) in [6, 6.07) is 82.7. The first-order valence-corrected chi connectivity index (χ1v) is 26.0. The van der Waals surface area contributed by atoms with E-state index in [4.69, 9.17) is 8.83 Å². The van der Waals surface area contributed by atoms with Gasteiger partial charge in [-0.15, -0.1) is 0 Å². The second kappa shape index (κ2) is 16.0. The number of fused-ring (bicyclic) bond motifs is 11. The monoisotopic (exact) mass is 949 g/mol. The Morgan fingerprint density at radius 3 is 1.68 bits per heavy atom. The molecule has 0 saturated heterocycles. The van der Waals surface area contributed by atoms with Crippen LogP contribution < -0.4 is 4.90 Å². The molecule has 3 nitrogen and oxygen atoms in total. The third kappa shape index (κ3) is 6.13. The molecule has 0 bridgehead atoms. The Labute approximate surface area is 431 Å². The maximum atomic E-state index is 6.55. The lowest BCUT2D eigenvalue weighted by molar-refractivity contribution is 0.646. The number of furan rings is 2. The van der Waals surface area contributed by atoms with Crippen LogP contribution in [0, 0.1) is 6.92 Å². The molecular formula is C71H51NO2. The highest BCUT2D eigenvalue weighted by Crippen LogP contribution is 2.61. The predicted molar refractivity (Wildman–Crippen MR) is 306 cm³/mol. The van der Waals surface area contributed by atoms with Crippen molar-refractivity contribution in [3.05, 3.63) is 281 Å². The van der Waals surface area contributed by atoms with Crippen molar-refractivity contribution in [1.82, 2.24) is 0 Å². The van der Waals surface area contributed by atoms with Gasteiger partial charge in [-0.3, -0.25) is 0 Å². The fourth-order valence-electron chi connectivity index (χ4n) is 13.5. The first-order valence-electron chi connectivity index (χ1n) is 26.0. The van der Waals surface area contributed by atoms with Crippen LogP contribution in [0.15, 0.2) is 251 Å². The van der Waals surface area contributed by atoms with E-state index in [1.807, 2.05) is 18.2 Å². The van der Waals surface area contributed by atoms with Gasteiger partial charge in [-0.1, -0.05) is 190 Å². The summed E-state index contributed by atoms with van der Waals surface area (Å²) in [6.45, 7) is 7.08. The van der Waals surface area contributed by atoms with Gasteiger partial charge in [0.25, 0.3) is 0 Å². The van der Waals surface area contributed by atoms with E-state index in [0.717, 1.165) is 72.7 Å². The number of nitrogens with zero attached hydrogens (tertiary/aromatic N) is 1. The van der Waals surface area contributed by atoms with Crippen molar-refractivity contribution < 1.29 is 8.83 Å². The average molecular weight is 950 g/mol. The van der Waals surface area contributed by atoms with Gasteiger partial charge in [0.2, 0.25) is 0 Å². The minimum atomic E-state index is -0.577. The summed E-state index contributed by atoms with van der Waals surface area (Å²) >= 11 is 0. The number of rotatable bonds is 7. The van der Waals surface area contributed by atoms with Crippen LogP contribution in [-0.2, 0) is 10.8 Å². The maximum absolute atomic E-state index is 6.55. The van der Waals surface area contributed by atoms with E-state index in [9.17, 15) is 0 Å². The summed E-state index contributed by atoms with van der Waals surface area (Å²) in [4.78, 5) is 2.61. The topological polar surface area (TPSA) is 29.5 Å². The number of benzene rings is 10. The summed E-state index contributed by atoms with van der Waals surface area (Å²) in [6.07, 6.45) is 5.74. The second-order valence-electron chi connectivity index (χ2n) is 21.1. The molecule has 12 aromatic rings. The molecule has 0 amide bonds. The van der Waals surface area contributed by atoms with Gasteiger partial charge in [0.1, 0.15) is 22.3 Å². The largest absolute Gasteiger partial charge is 0.456 e. The van der Waals surface area contributed by atoms with Crippen molar-refractivity contribution in [3.8, 4) is 33.4 Å². The molecule has 2 heterocycles. The molecule has 0 N–H and O–H groups in total. The number of para-hydroxylation sites is 2. The molecule has 3 heteroatoms. The Kier molecular flexibility index (Phi) is 9.26. The van der Waals surface area contributed by atoms with Crippen molar-refractivity contribution in [2.75, 3.05) is 4.90 Å². The normalized spacial score (nSPS) is 16.0. The number of allylic oxidation sites excluding steroid dienone is 2. The summed E-state index contributed by atoms with van der Waals surface area (Å²) in [5.74, 6) is 0. The van der Waals surface area contributed by atoms with Crippen LogP contribution in [0.25, 0.3) is 82.8 Å². The van der Waals surface area contributed by atoms with Crippen LogP contribution in [0.5, 0.6) is 0 Å². The molecule has 10 aromatic carbocycles. The van der Waals surface area contributed by atoms with Crippen molar-refractivity contribution >= 4 is 60.8 Å². The van der Waals surface area contributed by atoms with E-state index in [2.05, 4.69) is 244 Å². The van der Waals surface area contributed by atoms with Crippen LogP contribution in [0.2, 0.25) is 0 Å². The summed E-state index contributed by atoms with van der Waals surface area (Å²) < 4.78 is 12.9. The van der Waals surface area contributed by atoms with Gasteiger partial charge >= 0.3 is 0 Å². The molecule has 74 heavy (non-hydrogen) atoms. The third-order valence-electron chi connectivity index (χ3n) is 16.9. The molecule has 0 fully saturated rings. The van der Waals surface area contributed by atoms with E-state index in [0.29, 0.717) is 0 Å². The van der Waals surface area contributed by atoms with Gasteiger partial charge in [-0.25, -0.2) is 0 Å². The number of aryl methyl sites for hydroxylation is 1. The highest BCUT2D eigenvalue weighted by molar-refractivity contribution is 6.08. The highest BCUT2D eigenvalue weighted by Gasteiger charge is 2.51. The lowest BCUT2D eigenvalue weighted by Gasteiger charge is -2.41. The lowest BCUT2D eigenvalue weighted by atomic mass is 9.64. The van der Waals surface area contributed by atoms with E-state index in [1.165, 1.54) is 72.5 Å². The first-order chi connectivity index (χ1) is 36.3. The van der Waals surface area contributed by atoms with Gasteiger partial charge < -0.3 is 13.7 Å². The molecule has 1 unspecified atom stereocenters. The Hall–Kier alpha value is -8.92. The Morgan fingerprint density at radius 1 is 0.446 bits per heavy atom. The SMILES string of the molecule is Cc1ccc(-c2ccc3c(c2)oc2ccccc23)c2c1C(c1ccccc1)(c1ccccc1)C1=C2C=CC(N(c2ccc(-c3ccc4c(c3)oc3ccccc34)cc2)c2ccc3c(c2)C(C)(C)c2ccccc2-3)C1. The van der Waals surface area contributed by atoms with Crippen molar-refractivity contribution in [2.24, 2.45) is 0 Å². The molecule has 3 aliphatic carbocycles. The molecule has 0 spiro atoms. The van der Waals surface area contributed by atoms with Gasteiger partial charge in [-0.2, -0.15) is 0 Å². The fourth-order valence-corrected chi connectivity index (χ4v) is 13.5. The number of anilines is 2. The summed E-state index contributed by atoms with van der Waals surface area (Å²) in [5, 5.41) is 4.55. The molecule has 15 rings (SSSR count). The second-order valence-corrected chi connectivity index (χ2v) is 21.1. The van der Waals surface area contributed by atoms with E-state index in [1.54, 1.807) is 0 Å². The van der Waals surface area contributed by atoms with Crippen LogP contribution in [0.1, 0.15) is 59.2 Å². The lowest BCUT2D eigenvalue weighted by Crippen LogP contribution is -2.37. The number of hydrogen-bond acceptors (Lipinski definition) is 3. The fraction of sp³-hybridized carbons (Fsp3) is 0.0986. The molecule has 1 atom stereocenters. The molecule has 352 valence electrons. The molecule has 2 aromatic heterocycles. The van der Waals surface area contributed by atoms with Crippen LogP contribution in [0.3, 0.4) is 0 Å². The minimum absolute atomic E-state index is 0.0341. The van der Waals surface area contributed by atoms with Crippen molar-refractivity contribution in [3.63, 3.8) is 0 Å². The van der Waals surface area contributed by atoms with Crippen molar-refractivity contribution in [2.45, 2.75) is 44.1 Å². The zero-order chi connectivity index (χ0) is 49.3. The molecule has 0 radical (unpaired) electrons. The maximum Gasteiger partial charge on any atom is 0.136 e. The molecule has 3 aliphatic rings. The predicted octanol–water partition coefficient (Wildman–Crippen LogP) is 18.7. The molecular weight excluding hydrogens is 899 g/mol. The van der Waals surface area contributed by atoms with Gasteiger partial charge in [0, 0.05) is 38.3 Å². The van der Waals surface area contributed by atoms with Gasteiger partial charge in [0.15, 0.2) is 0 Å². The Balaban J connectivity index is 0.919. The van der Waals surface area contributed by atoms with E-state index >= 15 is 0 Å². The average Bonchev–Trinajstić information content (AvgIpc) is 4.17. The first kappa shape index (κ1) is 42.7. The van der Waals surface area contributed by atoms with Crippen LogP contribution in [0.4, 0.5) is 11.4 Å². The summed E-state index contributed by atoms with van der Waals surface area (Å²) in [7, 11) is 0. The summed E-state index contributed by atoms with van der Waals surface area (Å²) in [5.41, 5.74) is 24.4. The molecule has 0 aliphatic heterocycles. The zero-order valence-electron chi connectivity index (χ0n) is 41.6. The highest BCUT2D eigenvalue weighted by atomic mass is 16.3. The van der Waals surface area contributed by atoms with Crippen molar-refractivity contribution in [1.29, 1.82) is 0 Å². The quantitative estimate of drug-likeness (QED) is 0.159. The zero-order valence-corrected chi connectivity index (χ0v) is 41.6. The van der Waals surface area contributed by atoms with Gasteiger partial charge in [-0.05, 0) is 157 Å². The number of hydrogen-bond donors (Lipinski definition) is 0. The van der Waals surface area contributed by atoms with E-state index in [-0.39, 0.29) is 11.5 Å². The minimum Gasteiger partial charge on any atom is -0.456 e. The van der Waals surface area contributed by atoms with Crippen LogP contribution in [-0.4, -0.2) is 6.04 Å². The smallest absolute Gasteiger partial charge is 0.136 e. The van der Waals surface area contributed by atoms with E-state index < -0.39 is 5.41 Å². The Morgan fingerprint density at radius 2 is 0.986 bits per heavy atom. The van der Waals surface area contributed by atoms with Crippen LogP contribution >= 0.6 is 0 Å². The third-order valence-corrected chi connectivity index (χ3v) is 16.9.